The van der Waals surface area contributed by atoms with Crippen molar-refractivity contribution in [2.45, 2.75) is 32.9 Å². The van der Waals surface area contributed by atoms with Gasteiger partial charge in [0.2, 0.25) is 0 Å². The van der Waals surface area contributed by atoms with Gasteiger partial charge in [-0.25, -0.2) is 4.79 Å². The van der Waals surface area contributed by atoms with Crippen molar-refractivity contribution in [1.82, 2.24) is 0 Å². The van der Waals surface area contributed by atoms with E-state index < -0.39 is 11.7 Å². The first-order valence-electron chi connectivity index (χ1n) is 7.62. The minimum atomic E-state index is -0.544. The van der Waals surface area contributed by atoms with Gasteiger partial charge in [-0.2, -0.15) is 0 Å². The predicted octanol–water partition coefficient (Wildman–Crippen LogP) is 5.04. The van der Waals surface area contributed by atoms with Crippen LogP contribution in [0, 0.1) is 4.91 Å². The van der Waals surface area contributed by atoms with Crippen molar-refractivity contribution >= 4 is 23.2 Å². The highest BCUT2D eigenvalue weighted by atomic mass is 16.6. The third kappa shape index (κ3) is 5.72. The van der Waals surface area contributed by atoms with Crippen LogP contribution in [0.15, 0.2) is 53.7 Å². The van der Waals surface area contributed by atoms with Gasteiger partial charge in [0.25, 0.3) is 0 Å². The van der Waals surface area contributed by atoms with E-state index in [9.17, 15) is 9.70 Å². The Hall–Kier alpha value is -2.89. The molecule has 0 heterocycles. The second kappa shape index (κ2) is 7.59. The summed E-state index contributed by atoms with van der Waals surface area (Å²) in [7, 11) is 0. The SMILES string of the molecule is CC(C)(C)OC(=O)Nc1cccc(NCc2cccc(N=O)c2)c1. The normalized spacial score (nSPS) is 10.8. The van der Waals surface area contributed by atoms with E-state index >= 15 is 0 Å². The first kappa shape index (κ1) is 17.5. The summed E-state index contributed by atoms with van der Waals surface area (Å²) in [5, 5.41) is 8.86. The molecular formula is C18H21N3O3. The smallest absolute Gasteiger partial charge is 0.412 e. The fraction of sp³-hybridized carbons (Fsp3) is 0.278. The van der Waals surface area contributed by atoms with Gasteiger partial charge in [-0.05, 0) is 61.8 Å². The molecule has 0 aliphatic carbocycles. The lowest BCUT2D eigenvalue weighted by Gasteiger charge is -2.19. The highest BCUT2D eigenvalue weighted by Crippen LogP contribution is 2.19. The second-order valence-electron chi connectivity index (χ2n) is 6.32. The Morgan fingerprint density at radius 3 is 2.50 bits per heavy atom. The van der Waals surface area contributed by atoms with Gasteiger partial charge in [-0.15, -0.1) is 4.91 Å². The number of carbonyl (C=O) groups is 1. The van der Waals surface area contributed by atoms with Crippen molar-refractivity contribution in [2.75, 3.05) is 10.6 Å². The molecule has 0 atom stereocenters. The van der Waals surface area contributed by atoms with Crippen LogP contribution >= 0.6 is 0 Å². The first-order valence-corrected chi connectivity index (χ1v) is 7.62. The van der Waals surface area contributed by atoms with Gasteiger partial charge >= 0.3 is 6.09 Å². The van der Waals surface area contributed by atoms with E-state index in [4.69, 9.17) is 4.74 Å². The van der Waals surface area contributed by atoms with Crippen LogP contribution < -0.4 is 10.6 Å². The first-order chi connectivity index (χ1) is 11.4. The molecule has 2 aromatic rings. The molecule has 126 valence electrons. The summed E-state index contributed by atoms with van der Waals surface area (Å²) in [6, 6.07) is 14.4. The zero-order chi connectivity index (χ0) is 17.6. The standard InChI is InChI=1S/C18H21N3O3/c1-18(2,3)24-17(22)20-15-8-5-7-14(11-15)19-12-13-6-4-9-16(10-13)21-23/h4-11,19H,12H2,1-3H3,(H,20,22). The third-order valence-corrected chi connectivity index (χ3v) is 3.02. The van der Waals surface area contributed by atoms with Crippen LogP contribution in [-0.4, -0.2) is 11.7 Å². The number of hydrogen-bond acceptors (Lipinski definition) is 5. The van der Waals surface area contributed by atoms with Gasteiger partial charge in [-0.3, -0.25) is 5.32 Å². The van der Waals surface area contributed by atoms with Gasteiger partial charge in [0.15, 0.2) is 0 Å². The van der Waals surface area contributed by atoms with E-state index in [0.717, 1.165) is 11.3 Å². The Bertz CT molecular complexity index is 723. The van der Waals surface area contributed by atoms with Crippen LogP contribution in [0.25, 0.3) is 0 Å². The number of amides is 1. The van der Waals surface area contributed by atoms with E-state index in [-0.39, 0.29) is 0 Å². The maximum atomic E-state index is 11.8. The summed E-state index contributed by atoms with van der Waals surface area (Å²) >= 11 is 0. The molecule has 0 saturated heterocycles. The van der Waals surface area contributed by atoms with Crippen molar-refractivity contribution in [3.05, 3.63) is 59.0 Å². The molecule has 0 aliphatic rings. The Morgan fingerprint density at radius 1 is 1.08 bits per heavy atom. The van der Waals surface area contributed by atoms with Crippen molar-refractivity contribution in [3.8, 4) is 0 Å². The van der Waals surface area contributed by atoms with Crippen molar-refractivity contribution in [2.24, 2.45) is 5.18 Å². The van der Waals surface area contributed by atoms with Crippen molar-refractivity contribution in [1.29, 1.82) is 0 Å². The zero-order valence-corrected chi connectivity index (χ0v) is 14.0. The number of nitrogens with one attached hydrogen (secondary N) is 2. The van der Waals surface area contributed by atoms with E-state index in [2.05, 4.69) is 15.8 Å². The van der Waals surface area contributed by atoms with Gasteiger partial charge in [0.05, 0.1) is 0 Å². The number of nitroso groups, excluding NO2 is 1. The zero-order valence-electron chi connectivity index (χ0n) is 14.0. The number of carbonyl (C=O) groups excluding carboxylic acids is 1. The molecule has 1 amide bonds. The predicted molar refractivity (Wildman–Crippen MR) is 95.5 cm³/mol. The fourth-order valence-electron chi connectivity index (χ4n) is 2.06. The van der Waals surface area contributed by atoms with Gasteiger partial charge in [0, 0.05) is 17.9 Å². The van der Waals surface area contributed by atoms with Crippen molar-refractivity contribution in [3.63, 3.8) is 0 Å². The molecule has 0 radical (unpaired) electrons. The summed E-state index contributed by atoms with van der Waals surface area (Å²) in [5.41, 5.74) is 2.27. The minimum absolute atomic E-state index is 0.398. The largest absolute Gasteiger partial charge is 0.444 e. The molecule has 0 fully saturated rings. The summed E-state index contributed by atoms with van der Waals surface area (Å²) < 4.78 is 5.23. The molecular weight excluding hydrogens is 306 g/mol. The molecule has 24 heavy (non-hydrogen) atoms. The number of anilines is 2. The van der Waals surface area contributed by atoms with Crippen molar-refractivity contribution < 1.29 is 9.53 Å². The van der Waals surface area contributed by atoms with E-state index in [1.807, 2.05) is 45.0 Å². The quantitative estimate of drug-likeness (QED) is 0.754. The number of nitrogens with zero attached hydrogens (tertiary/aromatic N) is 1. The molecule has 0 aromatic heterocycles. The Kier molecular flexibility index (Phi) is 5.52. The monoisotopic (exact) mass is 327 g/mol. The topological polar surface area (TPSA) is 79.8 Å². The van der Waals surface area contributed by atoms with Gasteiger partial charge in [-0.1, -0.05) is 18.2 Å². The van der Waals surface area contributed by atoms with Crippen LogP contribution in [0.2, 0.25) is 0 Å². The average molecular weight is 327 g/mol. The Morgan fingerprint density at radius 2 is 1.79 bits per heavy atom. The number of ether oxygens (including phenoxy) is 1. The van der Waals surface area contributed by atoms with E-state index in [1.165, 1.54) is 0 Å². The van der Waals surface area contributed by atoms with E-state index in [1.54, 1.807) is 24.3 Å². The summed E-state index contributed by atoms with van der Waals surface area (Å²) in [5.74, 6) is 0. The average Bonchev–Trinajstić information content (AvgIpc) is 2.51. The molecule has 0 bridgehead atoms. The van der Waals surface area contributed by atoms with Gasteiger partial charge in [0.1, 0.15) is 11.3 Å². The summed E-state index contributed by atoms with van der Waals surface area (Å²) in [6.07, 6.45) is -0.496. The highest BCUT2D eigenvalue weighted by molar-refractivity contribution is 5.85. The van der Waals surface area contributed by atoms with Crippen LogP contribution in [-0.2, 0) is 11.3 Å². The molecule has 2 rings (SSSR count). The number of rotatable bonds is 5. The lowest BCUT2D eigenvalue weighted by molar-refractivity contribution is 0.0636. The molecule has 0 aliphatic heterocycles. The molecule has 2 N–H and O–H groups in total. The fourth-order valence-corrected chi connectivity index (χ4v) is 2.06. The second-order valence-corrected chi connectivity index (χ2v) is 6.32. The van der Waals surface area contributed by atoms with Crippen LogP contribution in [0.4, 0.5) is 21.9 Å². The molecule has 0 spiro atoms. The number of benzene rings is 2. The van der Waals surface area contributed by atoms with Gasteiger partial charge < -0.3 is 10.1 Å². The maximum Gasteiger partial charge on any atom is 0.412 e. The summed E-state index contributed by atoms with van der Waals surface area (Å²) in [4.78, 5) is 22.4. The molecule has 0 unspecified atom stereocenters. The third-order valence-electron chi connectivity index (χ3n) is 3.02. The molecule has 2 aromatic carbocycles. The number of hydrogen-bond donors (Lipinski definition) is 2. The molecule has 6 heteroatoms. The Balaban J connectivity index is 1.97. The van der Waals surface area contributed by atoms with Crippen LogP contribution in [0.5, 0.6) is 0 Å². The maximum absolute atomic E-state index is 11.8. The molecule has 0 saturated carbocycles. The minimum Gasteiger partial charge on any atom is -0.444 e. The molecule has 6 nitrogen and oxygen atoms in total. The van der Waals surface area contributed by atoms with E-state index in [0.29, 0.717) is 17.9 Å². The lowest BCUT2D eigenvalue weighted by atomic mass is 10.2. The summed E-state index contributed by atoms with van der Waals surface area (Å²) in [6.45, 7) is 5.98. The van der Waals surface area contributed by atoms with Crippen LogP contribution in [0.1, 0.15) is 26.3 Å². The highest BCUT2D eigenvalue weighted by Gasteiger charge is 2.16. The lowest BCUT2D eigenvalue weighted by Crippen LogP contribution is -2.27. The van der Waals surface area contributed by atoms with Crippen LogP contribution in [0.3, 0.4) is 0 Å². The Labute approximate surface area is 141 Å².